The van der Waals surface area contributed by atoms with Gasteiger partial charge in [-0.25, -0.2) is 4.79 Å². The lowest BCUT2D eigenvalue weighted by Gasteiger charge is -2.34. The molecule has 4 rings (SSSR count). The van der Waals surface area contributed by atoms with Crippen molar-refractivity contribution >= 4 is 17.8 Å². The van der Waals surface area contributed by atoms with Gasteiger partial charge in [0, 0.05) is 24.6 Å². The molecule has 0 radical (unpaired) electrons. The van der Waals surface area contributed by atoms with Gasteiger partial charge in [0.05, 0.1) is 18.7 Å². The van der Waals surface area contributed by atoms with Crippen molar-refractivity contribution in [1.82, 2.24) is 10.2 Å². The number of allylic oxidation sites excluding steroid dienone is 1. The van der Waals surface area contributed by atoms with Gasteiger partial charge in [0.2, 0.25) is 5.91 Å². The SMILES string of the molecule is CCOC(=O)C1=C(C)N(Cc2ccc(C(=O)NCCc3ccccc3)o2)C(=O)CC1c1ccccc1. The first-order valence-electron chi connectivity index (χ1n) is 12.1. The number of hydrogen-bond donors (Lipinski definition) is 1. The van der Waals surface area contributed by atoms with Crippen LogP contribution in [0.4, 0.5) is 0 Å². The summed E-state index contributed by atoms with van der Waals surface area (Å²) in [6, 6.07) is 22.7. The van der Waals surface area contributed by atoms with E-state index in [4.69, 9.17) is 9.15 Å². The van der Waals surface area contributed by atoms with Crippen molar-refractivity contribution in [2.75, 3.05) is 13.2 Å². The summed E-state index contributed by atoms with van der Waals surface area (Å²) in [5.41, 5.74) is 3.02. The molecule has 1 aromatic heterocycles. The smallest absolute Gasteiger partial charge is 0.336 e. The van der Waals surface area contributed by atoms with Crippen LogP contribution in [0, 0.1) is 0 Å². The lowest BCUT2D eigenvalue weighted by atomic mass is 9.83. The quantitative estimate of drug-likeness (QED) is 0.447. The summed E-state index contributed by atoms with van der Waals surface area (Å²) < 4.78 is 11.1. The Labute approximate surface area is 210 Å². The minimum atomic E-state index is -0.431. The Morgan fingerprint density at radius 2 is 1.72 bits per heavy atom. The number of esters is 1. The van der Waals surface area contributed by atoms with E-state index in [2.05, 4.69) is 5.32 Å². The van der Waals surface area contributed by atoms with Crippen LogP contribution in [0.5, 0.6) is 0 Å². The van der Waals surface area contributed by atoms with Crippen molar-refractivity contribution in [2.24, 2.45) is 0 Å². The third-order valence-electron chi connectivity index (χ3n) is 6.26. The highest BCUT2D eigenvalue weighted by molar-refractivity contribution is 5.96. The highest BCUT2D eigenvalue weighted by atomic mass is 16.5. The van der Waals surface area contributed by atoms with Crippen LogP contribution < -0.4 is 5.32 Å². The molecule has 1 unspecified atom stereocenters. The second kappa shape index (κ2) is 11.5. The van der Waals surface area contributed by atoms with E-state index < -0.39 is 5.97 Å². The molecule has 7 nitrogen and oxygen atoms in total. The molecule has 2 aromatic carbocycles. The van der Waals surface area contributed by atoms with Crippen molar-refractivity contribution in [3.63, 3.8) is 0 Å². The lowest BCUT2D eigenvalue weighted by molar-refractivity contribution is -0.140. The molecular weight excluding hydrogens is 456 g/mol. The number of benzene rings is 2. The molecule has 0 spiro atoms. The van der Waals surface area contributed by atoms with E-state index in [-0.39, 0.29) is 43.1 Å². The predicted molar refractivity (Wildman–Crippen MR) is 135 cm³/mol. The Morgan fingerprint density at radius 3 is 2.42 bits per heavy atom. The zero-order valence-electron chi connectivity index (χ0n) is 20.5. The van der Waals surface area contributed by atoms with Gasteiger partial charge in [-0.3, -0.25) is 9.59 Å². The van der Waals surface area contributed by atoms with Crippen LogP contribution in [0.1, 0.15) is 53.6 Å². The van der Waals surface area contributed by atoms with E-state index in [0.29, 0.717) is 30.0 Å². The summed E-state index contributed by atoms with van der Waals surface area (Å²) in [5, 5.41) is 2.86. The molecule has 0 fully saturated rings. The number of nitrogens with zero attached hydrogens (tertiary/aromatic N) is 1. The second-order valence-electron chi connectivity index (χ2n) is 8.62. The minimum Gasteiger partial charge on any atom is -0.463 e. The number of carbonyl (C=O) groups is 3. The summed E-state index contributed by atoms with van der Waals surface area (Å²) >= 11 is 0. The average Bonchev–Trinajstić information content (AvgIpc) is 3.36. The van der Waals surface area contributed by atoms with Crippen LogP contribution >= 0.6 is 0 Å². The maximum atomic E-state index is 13.2. The van der Waals surface area contributed by atoms with Crippen LogP contribution in [0.25, 0.3) is 0 Å². The molecule has 7 heteroatoms. The molecule has 0 aliphatic carbocycles. The predicted octanol–water partition coefficient (Wildman–Crippen LogP) is 4.61. The van der Waals surface area contributed by atoms with Gasteiger partial charge in [0.15, 0.2) is 5.76 Å². The molecule has 186 valence electrons. The highest BCUT2D eigenvalue weighted by Gasteiger charge is 2.37. The first kappa shape index (κ1) is 25.0. The first-order chi connectivity index (χ1) is 17.5. The highest BCUT2D eigenvalue weighted by Crippen LogP contribution is 2.37. The van der Waals surface area contributed by atoms with Crippen LogP contribution in [-0.4, -0.2) is 35.8 Å². The van der Waals surface area contributed by atoms with E-state index in [1.807, 2.05) is 60.7 Å². The maximum absolute atomic E-state index is 13.2. The van der Waals surface area contributed by atoms with E-state index >= 15 is 0 Å². The molecule has 1 N–H and O–H groups in total. The van der Waals surface area contributed by atoms with Crippen LogP contribution in [0.15, 0.2) is 88.5 Å². The standard InChI is InChI=1S/C29H30N2O5/c1-3-35-29(34)27-20(2)31(26(32)18-24(27)22-12-8-5-9-13-22)19-23-14-15-25(36-23)28(33)30-17-16-21-10-6-4-7-11-21/h4-15,24H,3,16-19H2,1-2H3,(H,30,33). The van der Waals surface area contributed by atoms with E-state index in [9.17, 15) is 14.4 Å². The van der Waals surface area contributed by atoms with Crippen molar-refractivity contribution in [1.29, 1.82) is 0 Å². The van der Waals surface area contributed by atoms with E-state index in [1.54, 1.807) is 26.0 Å². The van der Waals surface area contributed by atoms with Gasteiger partial charge in [-0.15, -0.1) is 0 Å². The molecule has 2 heterocycles. The molecule has 1 aliphatic heterocycles. The zero-order valence-corrected chi connectivity index (χ0v) is 20.5. The third kappa shape index (κ3) is 5.74. The van der Waals surface area contributed by atoms with Gasteiger partial charge in [-0.1, -0.05) is 60.7 Å². The van der Waals surface area contributed by atoms with Crippen LogP contribution in [-0.2, 0) is 27.3 Å². The lowest BCUT2D eigenvalue weighted by Crippen LogP contribution is -2.38. The summed E-state index contributed by atoms with van der Waals surface area (Å²) in [4.78, 5) is 40.1. The van der Waals surface area contributed by atoms with E-state index in [0.717, 1.165) is 11.1 Å². The first-order valence-corrected chi connectivity index (χ1v) is 12.1. The summed E-state index contributed by atoms with van der Waals surface area (Å²) in [6.07, 6.45) is 0.856. The van der Waals surface area contributed by atoms with Crippen LogP contribution in [0.2, 0.25) is 0 Å². The second-order valence-corrected chi connectivity index (χ2v) is 8.62. The molecule has 3 aromatic rings. The van der Waals surface area contributed by atoms with Gasteiger partial charge in [0.25, 0.3) is 5.91 Å². The molecule has 1 aliphatic rings. The molecule has 2 amide bonds. The number of ether oxygens (including phenoxy) is 1. The average molecular weight is 487 g/mol. The zero-order chi connectivity index (χ0) is 25.5. The fraction of sp³-hybridized carbons (Fsp3) is 0.276. The Balaban J connectivity index is 1.48. The number of hydrogen-bond acceptors (Lipinski definition) is 5. The number of amides is 2. The number of furan rings is 1. The molecular formula is C29H30N2O5. The molecule has 36 heavy (non-hydrogen) atoms. The molecule has 0 bridgehead atoms. The fourth-order valence-corrected chi connectivity index (χ4v) is 4.44. The molecule has 0 saturated carbocycles. The number of carbonyl (C=O) groups excluding carboxylic acids is 3. The largest absolute Gasteiger partial charge is 0.463 e. The van der Waals surface area contributed by atoms with E-state index in [1.165, 1.54) is 4.90 Å². The third-order valence-corrected chi connectivity index (χ3v) is 6.26. The Morgan fingerprint density at radius 1 is 1.03 bits per heavy atom. The summed E-state index contributed by atoms with van der Waals surface area (Å²) in [5.74, 6) is -0.615. The molecule has 1 atom stereocenters. The topological polar surface area (TPSA) is 88.8 Å². The number of rotatable bonds is 9. The molecule has 0 saturated heterocycles. The normalized spacial score (nSPS) is 15.7. The van der Waals surface area contributed by atoms with Gasteiger partial charge < -0.3 is 19.4 Å². The van der Waals surface area contributed by atoms with Crippen LogP contribution in [0.3, 0.4) is 0 Å². The summed E-state index contributed by atoms with van der Waals surface area (Å²) in [7, 11) is 0. The Hall–Kier alpha value is -4.13. The number of nitrogens with one attached hydrogen (secondary N) is 1. The fourth-order valence-electron chi connectivity index (χ4n) is 4.44. The maximum Gasteiger partial charge on any atom is 0.336 e. The van der Waals surface area contributed by atoms with Gasteiger partial charge >= 0.3 is 5.97 Å². The van der Waals surface area contributed by atoms with Crippen molar-refractivity contribution in [3.8, 4) is 0 Å². The minimum absolute atomic E-state index is 0.117. The Bertz CT molecular complexity index is 1250. The van der Waals surface area contributed by atoms with Crippen molar-refractivity contribution in [3.05, 3.63) is 107 Å². The van der Waals surface area contributed by atoms with Crippen molar-refractivity contribution in [2.45, 2.75) is 39.2 Å². The van der Waals surface area contributed by atoms with Crippen molar-refractivity contribution < 1.29 is 23.5 Å². The Kier molecular flexibility index (Phi) is 8.00. The van der Waals surface area contributed by atoms with Gasteiger partial charge in [0.1, 0.15) is 5.76 Å². The monoisotopic (exact) mass is 486 g/mol. The van der Waals surface area contributed by atoms with Gasteiger partial charge in [-0.2, -0.15) is 0 Å². The van der Waals surface area contributed by atoms with Gasteiger partial charge in [-0.05, 0) is 43.5 Å². The summed E-state index contributed by atoms with van der Waals surface area (Å²) in [6.45, 7) is 4.35.